The van der Waals surface area contributed by atoms with Crippen molar-refractivity contribution in [2.24, 2.45) is 0 Å². The molecule has 0 aliphatic rings. The van der Waals surface area contributed by atoms with Crippen LogP contribution in [0.4, 0.5) is 0 Å². The fraction of sp³-hybridized carbons (Fsp3) is 0.400. The van der Waals surface area contributed by atoms with Gasteiger partial charge in [-0.3, -0.25) is 0 Å². The van der Waals surface area contributed by atoms with Crippen LogP contribution in [0.25, 0.3) is 0 Å². The molecule has 0 unspecified atom stereocenters. The Morgan fingerprint density at radius 1 is 1.27 bits per heavy atom. The molecule has 1 heteroatoms. The van der Waals surface area contributed by atoms with E-state index in [4.69, 9.17) is 5.11 Å². The molecule has 1 aromatic carbocycles. The molecule has 0 amide bonds. The highest BCUT2D eigenvalue weighted by molar-refractivity contribution is 5.14. The van der Waals surface area contributed by atoms with Gasteiger partial charge in [0.05, 0.1) is 6.10 Å². The van der Waals surface area contributed by atoms with Crippen molar-refractivity contribution >= 4 is 0 Å². The third-order valence-electron chi connectivity index (χ3n) is 1.69. The molecule has 1 N–H and O–H groups in total. The summed E-state index contributed by atoms with van der Waals surface area (Å²) in [6.07, 6.45) is 1.64. The smallest absolute Gasteiger partial charge is 0.0515 e. The lowest BCUT2D eigenvalue weighted by Crippen LogP contribution is -2.00. The Morgan fingerprint density at radius 2 is 1.91 bits per heavy atom. The van der Waals surface area contributed by atoms with Crippen LogP contribution < -0.4 is 0 Å². The molecule has 60 valence electrons. The van der Waals surface area contributed by atoms with Crippen LogP contribution in [0.2, 0.25) is 0 Å². The van der Waals surface area contributed by atoms with Gasteiger partial charge in [0.25, 0.3) is 0 Å². The Labute approximate surface area is 67.7 Å². The summed E-state index contributed by atoms with van der Waals surface area (Å²) in [6.45, 7) is 1.82. The van der Waals surface area contributed by atoms with Crippen LogP contribution in [-0.2, 0) is 6.42 Å². The van der Waals surface area contributed by atoms with Crippen LogP contribution in [0.3, 0.4) is 0 Å². The van der Waals surface area contributed by atoms with Crippen molar-refractivity contribution in [1.29, 1.82) is 0 Å². The van der Waals surface area contributed by atoms with Crippen LogP contribution in [-0.4, -0.2) is 11.2 Å². The van der Waals surface area contributed by atoms with Crippen molar-refractivity contribution in [1.82, 2.24) is 0 Å². The Hall–Kier alpha value is -0.820. The van der Waals surface area contributed by atoms with E-state index in [1.165, 1.54) is 5.56 Å². The maximum Gasteiger partial charge on any atom is 0.0515 e. The molecule has 0 spiro atoms. The Bertz CT molecular complexity index is 191. The normalized spacial score (nSPS) is 12.9. The van der Waals surface area contributed by atoms with Crippen LogP contribution in [0.1, 0.15) is 18.9 Å². The minimum atomic E-state index is -0.185. The fourth-order valence-corrected chi connectivity index (χ4v) is 1.02. The molecule has 1 aromatic rings. The molecule has 1 nitrogen and oxygen atoms in total. The number of hydrogen-bond donors (Lipinski definition) is 1. The quantitative estimate of drug-likeness (QED) is 0.698. The molecule has 0 heterocycles. The van der Waals surface area contributed by atoms with E-state index in [1.807, 2.05) is 25.1 Å². The molecule has 0 saturated heterocycles. The molecule has 0 saturated carbocycles. The minimum absolute atomic E-state index is 0.185. The Balaban J connectivity index is 2.39. The first-order valence-electron chi connectivity index (χ1n) is 4.01. The second-order valence-electron chi connectivity index (χ2n) is 2.87. The molecule has 1 rings (SSSR count). The maximum atomic E-state index is 9.01. The van der Waals surface area contributed by atoms with Crippen LogP contribution in [0.5, 0.6) is 0 Å². The maximum absolute atomic E-state index is 9.01. The average molecular weight is 150 g/mol. The molecule has 0 fully saturated rings. The van der Waals surface area contributed by atoms with E-state index in [-0.39, 0.29) is 6.10 Å². The van der Waals surface area contributed by atoms with Crippen molar-refractivity contribution in [2.75, 3.05) is 0 Å². The lowest BCUT2D eigenvalue weighted by atomic mass is 10.1. The zero-order chi connectivity index (χ0) is 8.10. The van der Waals surface area contributed by atoms with Gasteiger partial charge in [0.1, 0.15) is 0 Å². The molecular formula is C10H14O. The lowest BCUT2D eigenvalue weighted by molar-refractivity contribution is 0.185. The largest absolute Gasteiger partial charge is 0.393 e. The molecule has 0 aliphatic carbocycles. The van der Waals surface area contributed by atoms with Gasteiger partial charge >= 0.3 is 0 Å². The summed E-state index contributed by atoms with van der Waals surface area (Å²) in [4.78, 5) is 0. The lowest BCUT2D eigenvalue weighted by Gasteiger charge is -2.02. The molecule has 11 heavy (non-hydrogen) atoms. The van der Waals surface area contributed by atoms with Crippen LogP contribution >= 0.6 is 0 Å². The second kappa shape index (κ2) is 4.14. The van der Waals surface area contributed by atoms with Crippen molar-refractivity contribution in [3.63, 3.8) is 0 Å². The summed E-state index contributed by atoms with van der Waals surface area (Å²) in [7, 11) is 0. The number of aliphatic hydroxyl groups excluding tert-OH is 1. The van der Waals surface area contributed by atoms with E-state index in [9.17, 15) is 0 Å². The van der Waals surface area contributed by atoms with Crippen molar-refractivity contribution in [3.05, 3.63) is 35.9 Å². The summed E-state index contributed by atoms with van der Waals surface area (Å²) in [5.74, 6) is 0. The number of rotatable bonds is 3. The van der Waals surface area contributed by atoms with E-state index in [0.717, 1.165) is 12.8 Å². The molecule has 1 atom stereocenters. The van der Waals surface area contributed by atoms with E-state index in [2.05, 4.69) is 12.1 Å². The van der Waals surface area contributed by atoms with Gasteiger partial charge < -0.3 is 5.11 Å². The van der Waals surface area contributed by atoms with Crippen LogP contribution in [0, 0.1) is 0 Å². The van der Waals surface area contributed by atoms with Gasteiger partial charge in [0.2, 0.25) is 0 Å². The van der Waals surface area contributed by atoms with Crippen molar-refractivity contribution in [3.8, 4) is 0 Å². The predicted octanol–water partition coefficient (Wildman–Crippen LogP) is 2.00. The minimum Gasteiger partial charge on any atom is -0.393 e. The van der Waals surface area contributed by atoms with Gasteiger partial charge in [-0.05, 0) is 25.3 Å². The van der Waals surface area contributed by atoms with E-state index in [0.29, 0.717) is 0 Å². The highest BCUT2D eigenvalue weighted by Gasteiger charge is 1.95. The molecular weight excluding hydrogens is 136 g/mol. The van der Waals surface area contributed by atoms with Gasteiger partial charge in [-0.1, -0.05) is 30.3 Å². The van der Waals surface area contributed by atoms with Gasteiger partial charge in [-0.2, -0.15) is 0 Å². The van der Waals surface area contributed by atoms with Gasteiger partial charge in [0.15, 0.2) is 0 Å². The second-order valence-corrected chi connectivity index (χ2v) is 2.87. The first-order chi connectivity index (χ1) is 5.29. The topological polar surface area (TPSA) is 20.2 Å². The number of aryl methyl sites for hydroxylation is 1. The highest BCUT2D eigenvalue weighted by atomic mass is 16.3. The summed E-state index contributed by atoms with van der Waals surface area (Å²) >= 11 is 0. The van der Waals surface area contributed by atoms with E-state index < -0.39 is 0 Å². The standard InChI is InChI=1S/C10H14O/c1-9(11)7-8-10-5-3-2-4-6-10/h2-6,9,11H,7-8H2,1H3/t9-/m1/s1. The third-order valence-corrected chi connectivity index (χ3v) is 1.69. The van der Waals surface area contributed by atoms with Gasteiger partial charge in [-0.25, -0.2) is 0 Å². The zero-order valence-corrected chi connectivity index (χ0v) is 6.83. The first kappa shape index (κ1) is 8.28. The molecule has 0 bridgehead atoms. The Kier molecular flexibility index (Phi) is 3.12. The van der Waals surface area contributed by atoms with E-state index >= 15 is 0 Å². The Morgan fingerprint density at radius 3 is 2.45 bits per heavy atom. The summed E-state index contributed by atoms with van der Waals surface area (Å²) in [6, 6.07) is 10.2. The molecule has 0 radical (unpaired) electrons. The number of aliphatic hydroxyl groups is 1. The monoisotopic (exact) mass is 150 g/mol. The first-order valence-corrected chi connectivity index (χ1v) is 4.01. The SMILES string of the molecule is C[C@@H](O)CCc1ccccc1. The zero-order valence-electron chi connectivity index (χ0n) is 6.83. The van der Waals surface area contributed by atoms with Crippen molar-refractivity contribution < 1.29 is 5.11 Å². The third kappa shape index (κ3) is 3.19. The van der Waals surface area contributed by atoms with Crippen LogP contribution in [0.15, 0.2) is 30.3 Å². The van der Waals surface area contributed by atoms with Crippen molar-refractivity contribution in [2.45, 2.75) is 25.9 Å². The number of benzene rings is 1. The molecule has 0 aliphatic heterocycles. The van der Waals surface area contributed by atoms with Gasteiger partial charge in [-0.15, -0.1) is 0 Å². The average Bonchev–Trinajstić information content (AvgIpc) is 2.03. The summed E-state index contributed by atoms with van der Waals surface area (Å²) in [5.41, 5.74) is 1.30. The van der Waals surface area contributed by atoms with Gasteiger partial charge in [0, 0.05) is 0 Å². The fourth-order valence-electron chi connectivity index (χ4n) is 1.02. The predicted molar refractivity (Wildman–Crippen MR) is 46.4 cm³/mol. The summed E-state index contributed by atoms with van der Waals surface area (Å²) < 4.78 is 0. The molecule has 0 aromatic heterocycles. The summed E-state index contributed by atoms with van der Waals surface area (Å²) in [5, 5.41) is 9.01. The highest BCUT2D eigenvalue weighted by Crippen LogP contribution is 2.03. The van der Waals surface area contributed by atoms with E-state index in [1.54, 1.807) is 0 Å². The number of hydrogen-bond acceptors (Lipinski definition) is 1.